The van der Waals surface area contributed by atoms with E-state index in [9.17, 15) is 9.59 Å². The molecule has 1 aliphatic rings. The third-order valence-corrected chi connectivity index (χ3v) is 4.10. The fourth-order valence-electron chi connectivity index (χ4n) is 2.83. The highest BCUT2D eigenvalue weighted by Gasteiger charge is 2.16. The van der Waals surface area contributed by atoms with Crippen LogP contribution in [0.4, 0.5) is 5.69 Å². The number of aromatic carboxylic acids is 1. The number of anilines is 1. The Kier molecular flexibility index (Phi) is 5.62. The van der Waals surface area contributed by atoms with Gasteiger partial charge in [-0.25, -0.2) is 4.79 Å². The molecule has 4 nitrogen and oxygen atoms in total. The number of carboxylic acids is 1. The fourth-order valence-corrected chi connectivity index (χ4v) is 3.06. The largest absolute Gasteiger partial charge is 0.478 e. The van der Waals surface area contributed by atoms with Gasteiger partial charge >= 0.3 is 5.97 Å². The van der Waals surface area contributed by atoms with Crippen molar-refractivity contribution in [2.45, 2.75) is 44.9 Å². The number of carbonyl (C=O) groups excluding carboxylic acids is 1. The molecule has 0 aromatic heterocycles. The summed E-state index contributed by atoms with van der Waals surface area (Å²) in [6, 6.07) is 4.36. The zero-order chi connectivity index (χ0) is 15.2. The Morgan fingerprint density at radius 2 is 1.81 bits per heavy atom. The Hall–Kier alpha value is -1.55. The maximum atomic E-state index is 12.1. The second kappa shape index (κ2) is 7.46. The molecule has 1 fully saturated rings. The highest BCUT2D eigenvalue weighted by atomic mass is 35.5. The van der Waals surface area contributed by atoms with E-state index in [0.717, 1.165) is 12.8 Å². The first-order valence-corrected chi connectivity index (χ1v) is 7.76. The van der Waals surface area contributed by atoms with Crippen molar-refractivity contribution < 1.29 is 14.7 Å². The lowest BCUT2D eigenvalue weighted by Crippen LogP contribution is -2.16. The van der Waals surface area contributed by atoms with Crippen molar-refractivity contribution in [3.8, 4) is 0 Å². The van der Waals surface area contributed by atoms with Crippen molar-refractivity contribution >= 4 is 29.2 Å². The minimum Gasteiger partial charge on any atom is -0.478 e. The van der Waals surface area contributed by atoms with E-state index in [-0.39, 0.29) is 11.5 Å². The summed E-state index contributed by atoms with van der Waals surface area (Å²) in [5.74, 6) is -0.692. The van der Waals surface area contributed by atoms with Crippen LogP contribution in [0.1, 0.15) is 55.3 Å². The lowest BCUT2D eigenvalue weighted by Gasteiger charge is -2.14. The van der Waals surface area contributed by atoms with Crippen molar-refractivity contribution in [3.63, 3.8) is 0 Å². The molecule has 1 aliphatic carbocycles. The number of carbonyl (C=O) groups is 2. The number of hydrogen-bond acceptors (Lipinski definition) is 2. The number of carboxylic acid groups (broad SMARTS) is 1. The van der Waals surface area contributed by atoms with Crippen LogP contribution in [0.2, 0.25) is 5.02 Å². The second-order valence-corrected chi connectivity index (χ2v) is 6.08. The van der Waals surface area contributed by atoms with E-state index in [2.05, 4.69) is 5.32 Å². The summed E-state index contributed by atoms with van der Waals surface area (Å²) in [5, 5.41) is 12.1. The first-order valence-electron chi connectivity index (χ1n) is 7.38. The molecule has 0 saturated heterocycles. The van der Waals surface area contributed by atoms with Gasteiger partial charge in [0.1, 0.15) is 0 Å². The predicted molar refractivity (Wildman–Crippen MR) is 82.9 cm³/mol. The van der Waals surface area contributed by atoms with Crippen LogP contribution < -0.4 is 5.32 Å². The van der Waals surface area contributed by atoms with Crippen LogP contribution in [0.25, 0.3) is 0 Å². The molecule has 1 saturated carbocycles. The molecule has 0 radical (unpaired) electrons. The second-order valence-electron chi connectivity index (χ2n) is 5.64. The molecule has 1 aromatic carbocycles. The molecule has 0 heterocycles. The average molecular weight is 310 g/mol. The molecule has 0 spiro atoms. The third kappa shape index (κ3) is 5.05. The normalized spacial score (nSPS) is 16.2. The van der Waals surface area contributed by atoms with Crippen LogP contribution >= 0.6 is 11.6 Å². The molecule has 2 rings (SSSR count). The predicted octanol–water partition coefficient (Wildman–Crippen LogP) is 4.34. The van der Waals surface area contributed by atoms with E-state index in [4.69, 9.17) is 16.7 Å². The topological polar surface area (TPSA) is 66.4 Å². The Morgan fingerprint density at radius 1 is 1.14 bits per heavy atom. The number of hydrogen-bond donors (Lipinski definition) is 2. The molecular formula is C16H20ClNO3. The molecule has 114 valence electrons. The van der Waals surface area contributed by atoms with Crippen molar-refractivity contribution in [2.75, 3.05) is 5.32 Å². The average Bonchev–Trinajstić information content (AvgIpc) is 2.66. The van der Waals surface area contributed by atoms with Crippen molar-refractivity contribution in [1.29, 1.82) is 0 Å². The quantitative estimate of drug-likeness (QED) is 0.813. The molecule has 5 heteroatoms. The Morgan fingerprint density at radius 3 is 2.43 bits per heavy atom. The molecule has 0 unspecified atom stereocenters. The van der Waals surface area contributed by atoms with E-state index in [0.29, 0.717) is 23.0 Å². The SMILES string of the molecule is O=C(CC1CCCCCC1)Nc1cc(Cl)cc(C(=O)O)c1. The lowest BCUT2D eigenvalue weighted by molar-refractivity contribution is -0.117. The summed E-state index contributed by atoms with van der Waals surface area (Å²) in [6.07, 6.45) is 7.60. The minimum absolute atomic E-state index is 0.0690. The van der Waals surface area contributed by atoms with Gasteiger partial charge in [0.15, 0.2) is 0 Å². The zero-order valence-corrected chi connectivity index (χ0v) is 12.7. The van der Waals surface area contributed by atoms with Crippen LogP contribution in [0, 0.1) is 5.92 Å². The maximum absolute atomic E-state index is 12.1. The minimum atomic E-state index is -1.06. The Labute approximate surface area is 129 Å². The van der Waals surface area contributed by atoms with Crippen LogP contribution in [-0.2, 0) is 4.79 Å². The third-order valence-electron chi connectivity index (χ3n) is 3.88. The van der Waals surface area contributed by atoms with Gasteiger partial charge in [-0.3, -0.25) is 4.79 Å². The number of amides is 1. The van der Waals surface area contributed by atoms with E-state index in [1.54, 1.807) is 6.07 Å². The van der Waals surface area contributed by atoms with Crippen molar-refractivity contribution in [2.24, 2.45) is 5.92 Å². The number of benzene rings is 1. The zero-order valence-electron chi connectivity index (χ0n) is 11.9. The molecular weight excluding hydrogens is 290 g/mol. The smallest absolute Gasteiger partial charge is 0.335 e. The van der Waals surface area contributed by atoms with E-state index >= 15 is 0 Å². The standard InChI is InChI=1S/C16H20ClNO3/c17-13-8-12(16(20)21)9-14(10-13)18-15(19)7-11-5-3-1-2-4-6-11/h8-11H,1-7H2,(H,18,19)(H,20,21). The summed E-state index contributed by atoms with van der Waals surface area (Å²) in [4.78, 5) is 23.1. The van der Waals surface area contributed by atoms with Gasteiger partial charge in [-0.15, -0.1) is 0 Å². The van der Waals surface area contributed by atoms with Crippen LogP contribution in [0.5, 0.6) is 0 Å². The number of rotatable bonds is 4. The Balaban J connectivity index is 1.97. The van der Waals surface area contributed by atoms with Gasteiger partial charge in [0.25, 0.3) is 0 Å². The van der Waals surface area contributed by atoms with Crippen LogP contribution in [0.15, 0.2) is 18.2 Å². The summed E-state index contributed by atoms with van der Waals surface area (Å²) < 4.78 is 0. The molecule has 0 atom stereocenters. The Bertz CT molecular complexity index is 522. The van der Waals surface area contributed by atoms with Gasteiger partial charge in [-0.1, -0.05) is 37.3 Å². The molecule has 0 aliphatic heterocycles. The van der Waals surface area contributed by atoms with Crippen LogP contribution in [0.3, 0.4) is 0 Å². The van der Waals surface area contributed by atoms with Crippen LogP contribution in [-0.4, -0.2) is 17.0 Å². The summed E-state index contributed by atoms with van der Waals surface area (Å²) >= 11 is 5.88. The van der Waals surface area contributed by atoms with Gasteiger partial charge < -0.3 is 10.4 Å². The maximum Gasteiger partial charge on any atom is 0.335 e. The van der Waals surface area contributed by atoms with E-state index in [1.165, 1.54) is 37.8 Å². The molecule has 2 N–H and O–H groups in total. The van der Waals surface area contributed by atoms with Gasteiger partial charge in [0.2, 0.25) is 5.91 Å². The fraction of sp³-hybridized carbons (Fsp3) is 0.500. The van der Waals surface area contributed by atoms with E-state index in [1.807, 2.05) is 0 Å². The molecule has 21 heavy (non-hydrogen) atoms. The first-order chi connectivity index (χ1) is 10.0. The van der Waals surface area contributed by atoms with Gasteiger partial charge in [-0.2, -0.15) is 0 Å². The molecule has 1 amide bonds. The van der Waals surface area contributed by atoms with Crippen molar-refractivity contribution in [1.82, 2.24) is 0 Å². The lowest BCUT2D eigenvalue weighted by atomic mass is 9.96. The highest BCUT2D eigenvalue weighted by Crippen LogP contribution is 2.26. The van der Waals surface area contributed by atoms with E-state index < -0.39 is 5.97 Å². The van der Waals surface area contributed by atoms with Gasteiger partial charge in [-0.05, 0) is 37.0 Å². The highest BCUT2D eigenvalue weighted by molar-refractivity contribution is 6.31. The first kappa shape index (κ1) is 15.8. The summed E-state index contributed by atoms with van der Waals surface area (Å²) in [6.45, 7) is 0. The number of nitrogens with one attached hydrogen (secondary N) is 1. The van der Waals surface area contributed by atoms with Crippen molar-refractivity contribution in [3.05, 3.63) is 28.8 Å². The van der Waals surface area contributed by atoms with Gasteiger partial charge in [0, 0.05) is 17.1 Å². The number of halogens is 1. The summed E-state index contributed by atoms with van der Waals surface area (Å²) in [7, 11) is 0. The van der Waals surface area contributed by atoms with Gasteiger partial charge in [0.05, 0.1) is 5.56 Å². The summed E-state index contributed by atoms with van der Waals surface area (Å²) in [5.41, 5.74) is 0.519. The molecule has 0 bridgehead atoms. The monoisotopic (exact) mass is 309 g/mol. The molecule has 1 aromatic rings.